The average Bonchev–Trinajstić information content (AvgIpc) is 2.64. The summed E-state index contributed by atoms with van der Waals surface area (Å²) in [5.74, 6) is -1.03. The molecule has 1 saturated heterocycles. The predicted octanol–water partition coefficient (Wildman–Crippen LogP) is 2.95. The third-order valence-corrected chi connectivity index (χ3v) is 5.84. The van der Waals surface area contributed by atoms with Gasteiger partial charge in [0.2, 0.25) is 0 Å². The minimum Gasteiger partial charge on any atom is -0.476 e. The van der Waals surface area contributed by atoms with E-state index in [1.807, 2.05) is 0 Å². The van der Waals surface area contributed by atoms with E-state index in [0.29, 0.717) is 5.41 Å². The highest BCUT2D eigenvalue weighted by molar-refractivity contribution is 5.84. The molecule has 4 rings (SSSR count). The number of aryl methyl sites for hydroxylation is 1. The molecule has 0 unspecified atom stereocenters. The van der Waals surface area contributed by atoms with Gasteiger partial charge in [-0.3, -0.25) is 9.88 Å². The number of aromatic carboxylic acids is 1. The van der Waals surface area contributed by atoms with Crippen LogP contribution in [0.3, 0.4) is 0 Å². The lowest BCUT2D eigenvalue weighted by Crippen LogP contribution is -2.42. The molecular weight excluding hydrogens is 314 g/mol. The SMILES string of the molecule is O=C(O)c1cnc(CN2CCC3(CCc4ccccc4C3)CC2)cn1. The Balaban J connectivity index is 1.36. The lowest BCUT2D eigenvalue weighted by molar-refractivity contribution is 0.0689. The van der Waals surface area contributed by atoms with Crippen molar-refractivity contribution in [3.8, 4) is 0 Å². The highest BCUT2D eigenvalue weighted by Gasteiger charge is 2.37. The maximum absolute atomic E-state index is 10.8. The van der Waals surface area contributed by atoms with Crippen LogP contribution in [-0.2, 0) is 19.4 Å². The minimum absolute atomic E-state index is 0.00205. The molecule has 1 spiro atoms. The Morgan fingerprint density at radius 3 is 2.52 bits per heavy atom. The van der Waals surface area contributed by atoms with Gasteiger partial charge in [0.1, 0.15) is 0 Å². The van der Waals surface area contributed by atoms with Gasteiger partial charge in [-0.05, 0) is 61.7 Å². The number of hydrogen-bond acceptors (Lipinski definition) is 4. The maximum atomic E-state index is 10.8. The van der Waals surface area contributed by atoms with Gasteiger partial charge in [-0.1, -0.05) is 24.3 Å². The topological polar surface area (TPSA) is 66.3 Å². The normalized spacial score (nSPS) is 19.5. The van der Waals surface area contributed by atoms with Gasteiger partial charge in [0, 0.05) is 6.54 Å². The number of rotatable bonds is 3. The number of benzene rings is 1. The summed E-state index contributed by atoms with van der Waals surface area (Å²) in [6.07, 6.45) is 9.10. The molecule has 0 atom stereocenters. The predicted molar refractivity (Wildman–Crippen MR) is 94.4 cm³/mol. The van der Waals surface area contributed by atoms with Crippen LogP contribution in [0.4, 0.5) is 0 Å². The van der Waals surface area contributed by atoms with Crippen LogP contribution in [0.5, 0.6) is 0 Å². The minimum atomic E-state index is -1.03. The molecule has 2 aromatic rings. The summed E-state index contributed by atoms with van der Waals surface area (Å²) < 4.78 is 0. The molecule has 0 saturated carbocycles. The molecular formula is C20H23N3O2. The standard InChI is InChI=1S/C20H23N3O2/c24-19(25)18-13-21-17(12-22-18)14-23-9-7-20(8-10-23)6-5-15-3-1-2-4-16(15)11-20/h1-4,12-13H,5-11,14H2,(H,24,25). The number of carbonyl (C=O) groups is 1. The molecule has 0 amide bonds. The second-order valence-corrected chi connectivity index (χ2v) is 7.42. The monoisotopic (exact) mass is 337 g/mol. The highest BCUT2D eigenvalue weighted by atomic mass is 16.4. The Labute approximate surface area is 147 Å². The number of carboxylic acids is 1. The Bertz CT molecular complexity index is 765. The highest BCUT2D eigenvalue weighted by Crippen LogP contribution is 2.43. The molecule has 130 valence electrons. The van der Waals surface area contributed by atoms with Gasteiger partial charge in [0.15, 0.2) is 5.69 Å². The molecule has 25 heavy (non-hydrogen) atoms. The quantitative estimate of drug-likeness (QED) is 0.933. The molecule has 1 aliphatic heterocycles. The lowest BCUT2D eigenvalue weighted by Gasteiger charge is -2.44. The second-order valence-electron chi connectivity index (χ2n) is 7.42. The van der Waals surface area contributed by atoms with Gasteiger partial charge in [-0.25, -0.2) is 9.78 Å². The molecule has 1 aliphatic carbocycles. The van der Waals surface area contributed by atoms with Gasteiger partial charge in [-0.2, -0.15) is 0 Å². The molecule has 0 radical (unpaired) electrons. The van der Waals surface area contributed by atoms with E-state index in [0.717, 1.165) is 25.3 Å². The van der Waals surface area contributed by atoms with Crippen LogP contribution in [-0.4, -0.2) is 39.0 Å². The third kappa shape index (κ3) is 3.42. The molecule has 5 heteroatoms. The molecule has 2 aliphatic rings. The van der Waals surface area contributed by atoms with Crippen LogP contribution in [0.15, 0.2) is 36.7 Å². The first-order chi connectivity index (χ1) is 12.1. The molecule has 0 bridgehead atoms. The Kier molecular flexibility index (Phi) is 4.25. The van der Waals surface area contributed by atoms with Crippen LogP contribution < -0.4 is 0 Å². The van der Waals surface area contributed by atoms with Crippen LogP contribution >= 0.6 is 0 Å². The van der Waals surface area contributed by atoms with Crippen molar-refractivity contribution in [1.82, 2.24) is 14.9 Å². The summed E-state index contributed by atoms with van der Waals surface area (Å²) in [7, 11) is 0. The first-order valence-electron chi connectivity index (χ1n) is 8.97. The van der Waals surface area contributed by atoms with Crippen molar-refractivity contribution in [3.63, 3.8) is 0 Å². The molecule has 1 fully saturated rings. The Morgan fingerprint density at radius 1 is 1.08 bits per heavy atom. The van der Waals surface area contributed by atoms with Gasteiger partial charge < -0.3 is 5.11 Å². The van der Waals surface area contributed by atoms with E-state index in [2.05, 4.69) is 39.1 Å². The largest absolute Gasteiger partial charge is 0.476 e. The number of fused-ring (bicyclic) bond motifs is 1. The Hall–Kier alpha value is -2.27. The zero-order valence-electron chi connectivity index (χ0n) is 14.3. The van der Waals surface area contributed by atoms with Crippen molar-refractivity contribution in [1.29, 1.82) is 0 Å². The maximum Gasteiger partial charge on any atom is 0.356 e. The lowest BCUT2D eigenvalue weighted by atomic mass is 9.66. The van der Waals surface area contributed by atoms with E-state index in [9.17, 15) is 4.79 Å². The number of likely N-dealkylation sites (tertiary alicyclic amines) is 1. The van der Waals surface area contributed by atoms with E-state index in [1.54, 1.807) is 6.20 Å². The fourth-order valence-corrected chi connectivity index (χ4v) is 4.25. The van der Waals surface area contributed by atoms with Crippen LogP contribution in [0.2, 0.25) is 0 Å². The summed E-state index contributed by atoms with van der Waals surface area (Å²) in [4.78, 5) is 21.5. The zero-order valence-corrected chi connectivity index (χ0v) is 14.3. The van der Waals surface area contributed by atoms with Crippen LogP contribution in [0.1, 0.15) is 46.6 Å². The number of hydrogen-bond donors (Lipinski definition) is 1. The molecule has 2 heterocycles. The fraction of sp³-hybridized carbons (Fsp3) is 0.450. The summed E-state index contributed by atoms with van der Waals surface area (Å²) in [5, 5.41) is 8.89. The van der Waals surface area contributed by atoms with E-state index in [4.69, 9.17) is 5.11 Å². The summed E-state index contributed by atoms with van der Waals surface area (Å²) in [6, 6.07) is 8.88. The van der Waals surface area contributed by atoms with Crippen molar-refractivity contribution in [2.45, 2.75) is 38.6 Å². The van der Waals surface area contributed by atoms with Crippen molar-refractivity contribution in [3.05, 3.63) is 59.2 Å². The van der Waals surface area contributed by atoms with Gasteiger partial charge >= 0.3 is 5.97 Å². The van der Waals surface area contributed by atoms with E-state index in [1.165, 1.54) is 49.4 Å². The van der Waals surface area contributed by atoms with Gasteiger partial charge in [-0.15, -0.1) is 0 Å². The number of nitrogens with zero attached hydrogens (tertiary/aromatic N) is 3. The van der Waals surface area contributed by atoms with Gasteiger partial charge in [0.05, 0.1) is 18.1 Å². The van der Waals surface area contributed by atoms with Crippen LogP contribution in [0, 0.1) is 5.41 Å². The van der Waals surface area contributed by atoms with E-state index in [-0.39, 0.29) is 5.69 Å². The zero-order chi connectivity index (χ0) is 17.3. The molecule has 1 aromatic carbocycles. The fourth-order valence-electron chi connectivity index (χ4n) is 4.25. The van der Waals surface area contributed by atoms with Crippen molar-refractivity contribution in [2.24, 2.45) is 5.41 Å². The smallest absolute Gasteiger partial charge is 0.356 e. The number of piperidine rings is 1. The molecule has 1 N–H and O–H groups in total. The summed E-state index contributed by atoms with van der Waals surface area (Å²) >= 11 is 0. The third-order valence-electron chi connectivity index (χ3n) is 5.84. The van der Waals surface area contributed by atoms with E-state index >= 15 is 0 Å². The summed E-state index contributed by atoms with van der Waals surface area (Å²) in [5.41, 5.74) is 4.38. The van der Waals surface area contributed by atoms with Crippen molar-refractivity contribution < 1.29 is 9.90 Å². The second kappa shape index (κ2) is 6.56. The van der Waals surface area contributed by atoms with E-state index < -0.39 is 5.97 Å². The number of aromatic nitrogens is 2. The number of carboxylic acid groups (broad SMARTS) is 1. The van der Waals surface area contributed by atoms with Gasteiger partial charge in [0.25, 0.3) is 0 Å². The van der Waals surface area contributed by atoms with Crippen LogP contribution in [0.25, 0.3) is 0 Å². The summed E-state index contributed by atoms with van der Waals surface area (Å²) in [6.45, 7) is 2.90. The molecule has 5 nitrogen and oxygen atoms in total. The van der Waals surface area contributed by atoms with Crippen molar-refractivity contribution >= 4 is 5.97 Å². The molecule has 1 aromatic heterocycles. The first kappa shape index (κ1) is 16.2. The Morgan fingerprint density at radius 2 is 1.84 bits per heavy atom. The first-order valence-corrected chi connectivity index (χ1v) is 8.97. The average molecular weight is 337 g/mol. The van der Waals surface area contributed by atoms with Crippen molar-refractivity contribution in [2.75, 3.05) is 13.1 Å².